The Kier molecular flexibility index (Phi) is 7.68. The molecule has 1 N–H and O–H groups in total. The van der Waals surface area contributed by atoms with Crippen molar-refractivity contribution in [3.05, 3.63) is 0 Å². The molecular weight excluding hydrogens is 282 g/mol. The molecule has 0 amide bonds. The summed E-state index contributed by atoms with van der Waals surface area (Å²) >= 11 is 1.76. The van der Waals surface area contributed by atoms with Crippen molar-refractivity contribution >= 4 is 21.8 Å². The van der Waals surface area contributed by atoms with Crippen molar-refractivity contribution in [3.8, 4) is 0 Å². The first-order valence-electron chi connectivity index (χ1n) is 6.85. The van der Waals surface area contributed by atoms with Crippen LogP contribution in [0.5, 0.6) is 0 Å². The van der Waals surface area contributed by atoms with Crippen molar-refractivity contribution in [2.45, 2.75) is 19.4 Å². The van der Waals surface area contributed by atoms with Gasteiger partial charge in [-0.25, -0.2) is 12.7 Å². The molecule has 0 saturated carbocycles. The molecule has 0 aromatic rings. The Morgan fingerprint density at radius 2 is 2.00 bits per heavy atom. The third-order valence-electron chi connectivity index (χ3n) is 3.67. The van der Waals surface area contributed by atoms with Gasteiger partial charge in [0, 0.05) is 45.8 Å². The van der Waals surface area contributed by atoms with E-state index in [9.17, 15) is 8.42 Å². The van der Waals surface area contributed by atoms with Gasteiger partial charge in [-0.3, -0.25) is 4.90 Å². The largest absolute Gasteiger partial charge is 0.314 e. The summed E-state index contributed by atoms with van der Waals surface area (Å²) in [7, 11) is -1.42. The monoisotopic (exact) mass is 309 g/mol. The lowest BCUT2D eigenvalue weighted by Gasteiger charge is -2.29. The molecular formula is C12H27N3O2S2. The first-order valence-corrected chi connectivity index (χ1v) is 9.85. The van der Waals surface area contributed by atoms with Gasteiger partial charge < -0.3 is 5.32 Å². The molecule has 114 valence electrons. The highest BCUT2D eigenvalue weighted by Gasteiger charge is 2.23. The van der Waals surface area contributed by atoms with E-state index in [1.54, 1.807) is 23.1 Å². The zero-order valence-corrected chi connectivity index (χ0v) is 13.9. The Morgan fingerprint density at radius 3 is 2.58 bits per heavy atom. The number of hydrogen-bond acceptors (Lipinski definition) is 5. The molecule has 1 atom stereocenters. The summed E-state index contributed by atoms with van der Waals surface area (Å²) in [4.78, 5) is 2.22. The predicted molar refractivity (Wildman–Crippen MR) is 83.3 cm³/mol. The third-order valence-corrected chi connectivity index (χ3v) is 6.25. The van der Waals surface area contributed by atoms with Crippen LogP contribution in [0.25, 0.3) is 0 Å². The lowest BCUT2D eigenvalue weighted by Crippen LogP contribution is -2.46. The molecule has 1 aliphatic heterocycles. The van der Waals surface area contributed by atoms with Crippen LogP contribution >= 0.6 is 11.8 Å². The second-order valence-corrected chi connectivity index (χ2v) is 8.19. The molecule has 1 saturated heterocycles. The second kappa shape index (κ2) is 8.46. The Labute approximate surface area is 122 Å². The first-order chi connectivity index (χ1) is 8.97. The summed E-state index contributed by atoms with van der Waals surface area (Å²) in [6.45, 7) is 6.44. The van der Waals surface area contributed by atoms with Crippen LogP contribution in [0.4, 0.5) is 0 Å². The molecule has 1 aliphatic rings. The molecule has 19 heavy (non-hydrogen) atoms. The average Bonchev–Trinajstić information content (AvgIpc) is 2.43. The van der Waals surface area contributed by atoms with Crippen molar-refractivity contribution in [2.75, 3.05) is 57.5 Å². The minimum atomic E-state index is -3.13. The highest BCUT2D eigenvalue weighted by atomic mass is 32.2. The van der Waals surface area contributed by atoms with E-state index in [1.807, 2.05) is 13.2 Å². The van der Waals surface area contributed by atoms with Crippen LogP contribution in [0.3, 0.4) is 0 Å². The zero-order chi connectivity index (χ0) is 14.3. The molecule has 1 unspecified atom stereocenters. The number of hydrogen-bond donors (Lipinski definition) is 1. The number of nitrogens with zero attached hydrogens (tertiary/aromatic N) is 2. The lowest BCUT2D eigenvalue weighted by molar-refractivity contribution is 0.252. The van der Waals surface area contributed by atoms with Crippen molar-refractivity contribution in [1.29, 1.82) is 0 Å². The van der Waals surface area contributed by atoms with Gasteiger partial charge in [0.15, 0.2) is 0 Å². The van der Waals surface area contributed by atoms with Crippen LogP contribution in [-0.2, 0) is 10.0 Å². The molecule has 7 heteroatoms. The second-order valence-electron chi connectivity index (χ2n) is 5.05. The first kappa shape index (κ1) is 17.2. The summed E-state index contributed by atoms with van der Waals surface area (Å²) in [6, 6.07) is 0.0838. The molecule has 1 fully saturated rings. The summed E-state index contributed by atoms with van der Waals surface area (Å²) < 4.78 is 26.1. The van der Waals surface area contributed by atoms with Gasteiger partial charge in [0.05, 0.1) is 5.75 Å². The van der Waals surface area contributed by atoms with Gasteiger partial charge in [-0.05, 0) is 25.4 Å². The highest BCUT2D eigenvalue weighted by Crippen LogP contribution is 2.11. The summed E-state index contributed by atoms with van der Waals surface area (Å²) in [6.07, 6.45) is 2.95. The van der Waals surface area contributed by atoms with Gasteiger partial charge in [-0.2, -0.15) is 11.8 Å². The van der Waals surface area contributed by atoms with Gasteiger partial charge in [-0.1, -0.05) is 0 Å². The number of rotatable bonds is 8. The fourth-order valence-electron chi connectivity index (χ4n) is 2.07. The zero-order valence-electron chi connectivity index (χ0n) is 12.3. The average molecular weight is 310 g/mol. The number of thioether (sulfide) groups is 1. The maximum absolute atomic E-state index is 12.3. The molecule has 0 aromatic heterocycles. The van der Waals surface area contributed by atoms with Crippen LogP contribution in [-0.4, -0.2) is 81.2 Å². The minimum absolute atomic E-state index is 0.0838. The Balaban J connectivity index is 2.40. The molecule has 0 aliphatic carbocycles. The lowest BCUT2D eigenvalue weighted by atomic mass is 10.3. The maximum atomic E-state index is 12.3. The highest BCUT2D eigenvalue weighted by molar-refractivity contribution is 7.98. The van der Waals surface area contributed by atoms with E-state index >= 15 is 0 Å². The van der Waals surface area contributed by atoms with Crippen molar-refractivity contribution < 1.29 is 8.42 Å². The van der Waals surface area contributed by atoms with Crippen molar-refractivity contribution in [1.82, 2.24) is 14.5 Å². The van der Waals surface area contributed by atoms with E-state index in [-0.39, 0.29) is 11.8 Å². The van der Waals surface area contributed by atoms with Crippen LogP contribution in [0.2, 0.25) is 0 Å². The maximum Gasteiger partial charge on any atom is 0.215 e. The fourth-order valence-corrected chi connectivity index (χ4v) is 4.08. The van der Waals surface area contributed by atoms with E-state index in [2.05, 4.69) is 10.2 Å². The number of sulfonamides is 1. The van der Waals surface area contributed by atoms with E-state index in [0.717, 1.165) is 38.4 Å². The van der Waals surface area contributed by atoms with Crippen LogP contribution < -0.4 is 5.32 Å². The quantitative estimate of drug-likeness (QED) is 0.699. The normalized spacial score (nSPS) is 19.8. The van der Waals surface area contributed by atoms with E-state index in [1.165, 1.54) is 0 Å². The van der Waals surface area contributed by atoms with Crippen molar-refractivity contribution in [3.63, 3.8) is 0 Å². The predicted octanol–water partition coefficient (Wildman–Crippen LogP) is 0.295. The third kappa shape index (κ3) is 5.99. The molecule has 1 rings (SSSR count). The molecule has 1 heterocycles. The smallest absolute Gasteiger partial charge is 0.215 e. The van der Waals surface area contributed by atoms with E-state index in [0.29, 0.717) is 6.54 Å². The van der Waals surface area contributed by atoms with Gasteiger partial charge in [-0.15, -0.1) is 0 Å². The molecule has 0 spiro atoms. The van der Waals surface area contributed by atoms with Gasteiger partial charge in [0.25, 0.3) is 0 Å². The fraction of sp³-hybridized carbons (Fsp3) is 1.00. The Morgan fingerprint density at radius 1 is 1.37 bits per heavy atom. The standard InChI is InChI=1S/C12H27N3O2S2/c1-12(4-10-18-3)14(2)19(16,17)11-9-15-7-5-13-6-8-15/h12-13H,4-11H2,1-3H3. The summed E-state index contributed by atoms with van der Waals surface area (Å²) in [5.41, 5.74) is 0. The van der Waals surface area contributed by atoms with E-state index in [4.69, 9.17) is 0 Å². The van der Waals surface area contributed by atoms with Gasteiger partial charge in [0.2, 0.25) is 10.0 Å². The van der Waals surface area contributed by atoms with Gasteiger partial charge in [0.1, 0.15) is 0 Å². The molecule has 0 aromatic carbocycles. The van der Waals surface area contributed by atoms with Crippen LogP contribution in [0.15, 0.2) is 0 Å². The van der Waals surface area contributed by atoms with Crippen LogP contribution in [0.1, 0.15) is 13.3 Å². The number of nitrogens with one attached hydrogen (secondary N) is 1. The summed E-state index contributed by atoms with van der Waals surface area (Å²) in [5, 5.41) is 3.27. The van der Waals surface area contributed by atoms with Crippen molar-refractivity contribution in [2.24, 2.45) is 0 Å². The Bertz CT molecular complexity index is 343. The van der Waals surface area contributed by atoms with Gasteiger partial charge >= 0.3 is 0 Å². The topological polar surface area (TPSA) is 52.7 Å². The number of piperazine rings is 1. The van der Waals surface area contributed by atoms with Crippen LogP contribution in [0, 0.1) is 0 Å². The van der Waals surface area contributed by atoms with E-state index < -0.39 is 10.0 Å². The molecule has 0 bridgehead atoms. The summed E-state index contributed by atoms with van der Waals surface area (Å²) in [5.74, 6) is 1.23. The Hall–Kier alpha value is 0.180. The molecule has 5 nitrogen and oxygen atoms in total. The SMILES string of the molecule is CSCCC(C)N(C)S(=O)(=O)CCN1CCNCC1. The molecule has 0 radical (unpaired) electrons. The minimum Gasteiger partial charge on any atom is -0.314 e.